The highest BCUT2D eigenvalue weighted by molar-refractivity contribution is 5.23. The lowest BCUT2D eigenvalue weighted by atomic mass is 9.85. The van der Waals surface area contributed by atoms with E-state index in [0.717, 1.165) is 37.0 Å². The maximum Gasteiger partial charge on any atom is 0.317 e. The molecular weight excluding hydrogens is 270 g/mol. The van der Waals surface area contributed by atoms with E-state index in [4.69, 9.17) is 8.94 Å². The Morgan fingerprint density at radius 2 is 1.90 bits per heavy atom. The van der Waals surface area contributed by atoms with Gasteiger partial charge in [0.05, 0.1) is 0 Å². The molecule has 0 aromatic carbocycles. The lowest BCUT2D eigenvalue weighted by molar-refractivity contribution is 0.336. The van der Waals surface area contributed by atoms with Gasteiger partial charge in [0.2, 0.25) is 11.8 Å². The van der Waals surface area contributed by atoms with Crippen LogP contribution in [0.25, 0.3) is 0 Å². The molecule has 0 N–H and O–H groups in total. The number of likely N-dealkylation sites (N-methyl/N-ethyl adjacent to an activating group) is 1. The quantitative estimate of drug-likeness (QED) is 0.806. The van der Waals surface area contributed by atoms with Crippen molar-refractivity contribution in [1.29, 1.82) is 0 Å². The minimum atomic E-state index is 0.470. The molecule has 2 aromatic rings. The zero-order valence-corrected chi connectivity index (χ0v) is 12.2. The molecule has 2 aliphatic carbocycles. The average Bonchev–Trinajstić information content (AvgIpc) is 2.98. The van der Waals surface area contributed by atoms with Crippen LogP contribution < -0.4 is 4.90 Å². The Labute approximate surface area is 122 Å². The van der Waals surface area contributed by atoms with Gasteiger partial charge >= 0.3 is 6.01 Å². The Kier molecular flexibility index (Phi) is 3.12. The molecule has 2 aliphatic rings. The van der Waals surface area contributed by atoms with Crippen LogP contribution in [0.1, 0.15) is 61.5 Å². The van der Waals surface area contributed by atoms with E-state index in [0.29, 0.717) is 24.3 Å². The summed E-state index contributed by atoms with van der Waals surface area (Å²) in [4.78, 5) is 6.37. The summed E-state index contributed by atoms with van der Waals surface area (Å²) in [5, 5.41) is 12.3. The van der Waals surface area contributed by atoms with Gasteiger partial charge < -0.3 is 13.8 Å². The first-order valence-electron chi connectivity index (χ1n) is 7.66. The fourth-order valence-corrected chi connectivity index (χ4v) is 2.43. The van der Waals surface area contributed by atoms with E-state index in [-0.39, 0.29) is 0 Å². The topological polar surface area (TPSA) is 81.1 Å². The predicted octanol–water partition coefficient (Wildman–Crippen LogP) is 2.28. The van der Waals surface area contributed by atoms with Gasteiger partial charge in [0, 0.05) is 31.8 Å². The van der Waals surface area contributed by atoms with Crippen molar-refractivity contribution < 1.29 is 8.94 Å². The van der Waals surface area contributed by atoms with Crippen LogP contribution in [0.4, 0.5) is 6.01 Å². The number of nitrogens with zero attached hydrogens (tertiary/aromatic N) is 5. The van der Waals surface area contributed by atoms with Crippen molar-refractivity contribution in [3.63, 3.8) is 0 Å². The van der Waals surface area contributed by atoms with Crippen molar-refractivity contribution in [2.24, 2.45) is 0 Å². The number of anilines is 1. The van der Waals surface area contributed by atoms with E-state index in [1.54, 1.807) is 0 Å². The normalized spacial score (nSPS) is 18.7. The molecule has 0 radical (unpaired) electrons. The van der Waals surface area contributed by atoms with E-state index in [2.05, 4.69) is 20.3 Å². The van der Waals surface area contributed by atoms with Crippen molar-refractivity contribution >= 4 is 6.01 Å². The molecule has 21 heavy (non-hydrogen) atoms. The Morgan fingerprint density at radius 3 is 2.62 bits per heavy atom. The first-order valence-corrected chi connectivity index (χ1v) is 7.66. The highest BCUT2D eigenvalue weighted by Crippen LogP contribution is 2.39. The largest absolute Gasteiger partial charge is 0.408 e. The van der Waals surface area contributed by atoms with Crippen LogP contribution >= 0.6 is 0 Å². The second-order valence-electron chi connectivity index (χ2n) is 6.05. The number of hydrogen-bond acceptors (Lipinski definition) is 7. The van der Waals surface area contributed by atoms with Gasteiger partial charge in [0.15, 0.2) is 5.82 Å². The van der Waals surface area contributed by atoms with Gasteiger partial charge in [-0.25, -0.2) is 0 Å². The molecule has 7 heteroatoms. The molecule has 0 saturated heterocycles. The van der Waals surface area contributed by atoms with E-state index in [1.165, 1.54) is 19.3 Å². The van der Waals surface area contributed by atoms with Gasteiger partial charge in [-0.2, -0.15) is 4.98 Å². The fourth-order valence-electron chi connectivity index (χ4n) is 2.43. The molecule has 0 bridgehead atoms. The first-order chi connectivity index (χ1) is 10.3. The molecule has 0 spiro atoms. The van der Waals surface area contributed by atoms with Crippen LogP contribution in [0.2, 0.25) is 0 Å². The van der Waals surface area contributed by atoms with Gasteiger partial charge in [-0.1, -0.05) is 16.7 Å². The molecule has 4 rings (SSSR count). The third-order valence-corrected chi connectivity index (χ3v) is 4.29. The number of hydrogen-bond donors (Lipinski definition) is 0. The van der Waals surface area contributed by atoms with Gasteiger partial charge in [0.25, 0.3) is 0 Å². The Morgan fingerprint density at radius 1 is 1.10 bits per heavy atom. The monoisotopic (exact) mass is 289 g/mol. The first kappa shape index (κ1) is 12.8. The van der Waals surface area contributed by atoms with E-state index in [9.17, 15) is 0 Å². The summed E-state index contributed by atoms with van der Waals surface area (Å²) in [5.41, 5.74) is 0. The smallest absolute Gasteiger partial charge is 0.317 e. The van der Waals surface area contributed by atoms with E-state index < -0.39 is 0 Å². The Bertz CT molecular complexity index is 614. The van der Waals surface area contributed by atoms with E-state index in [1.807, 2.05) is 11.9 Å². The van der Waals surface area contributed by atoms with Gasteiger partial charge in [-0.05, 0) is 25.7 Å². The molecule has 7 nitrogen and oxygen atoms in total. The number of aromatic nitrogens is 4. The Balaban J connectivity index is 1.33. The van der Waals surface area contributed by atoms with Gasteiger partial charge in [-0.3, -0.25) is 0 Å². The second-order valence-corrected chi connectivity index (χ2v) is 6.05. The standard InChI is InChI=1S/C14H19N5O2/c1-19(14-17-16-13(20-14)9-3-2-4-9)8-7-11-15-12(21-18-11)10-5-6-10/h9-10H,2-8H2,1H3. The molecule has 0 unspecified atom stereocenters. The van der Waals surface area contributed by atoms with E-state index >= 15 is 0 Å². The molecule has 0 aliphatic heterocycles. The van der Waals surface area contributed by atoms with Crippen LogP contribution in [0.5, 0.6) is 0 Å². The SMILES string of the molecule is CN(CCc1noc(C2CC2)n1)c1nnc(C2CCC2)o1. The summed E-state index contributed by atoms with van der Waals surface area (Å²) >= 11 is 0. The summed E-state index contributed by atoms with van der Waals surface area (Å²) in [5.74, 6) is 3.29. The van der Waals surface area contributed by atoms with Gasteiger partial charge in [0.1, 0.15) is 0 Å². The summed E-state index contributed by atoms with van der Waals surface area (Å²) in [6.07, 6.45) is 6.66. The highest BCUT2D eigenvalue weighted by Gasteiger charge is 2.29. The molecule has 2 aromatic heterocycles. The van der Waals surface area contributed by atoms with Crippen LogP contribution in [0.15, 0.2) is 8.94 Å². The third-order valence-electron chi connectivity index (χ3n) is 4.29. The molecule has 2 fully saturated rings. The van der Waals surface area contributed by atoms with Crippen LogP contribution in [0, 0.1) is 0 Å². The molecule has 2 heterocycles. The molecule has 2 saturated carbocycles. The zero-order valence-electron chi connectivity index (χ0n) is 12.2. The maximum absolute atomic E-state index is 5.73. The van der Waals surface area contributed by atoms with Crippen LogP contribution in [-0.4, -0.2) is 33.9 Å². The van der Waals surface area contributed by atoms with Crippen LogP contribution in [0.3, 0.4) is 0 Å². The van der Waals surface area contributed by atoms with Crippen molar-refractivity contribution in [2.45, 2.75) is 50.4 Å². The van der Waals surface area contributed by atoms with Crippen molar-refractivity contribution in [2.75, 3.05) is 18.5 Å². The molecule has 112 valence electrons. The van der Waals surface area contributed by atoms with Crippen LogP contribution in [-0.2, 0) is 6.42 Å². The molecule has 0 amide bonds. The van der Waals surface area contributed by atoms with Crippen molar-refractivity contribution in [1.82, 2.24) is 20.3 Å². The van der Waals surface area contributed by atoms with Gasteiger partial charge in [-0.15, -0.1) is 5.10 Å². The molecular formula is C14H19N5O2. The predicted molar refractivity (Wildman–Crippen MR) is 74.1 cm³/mol. The lowest BCUT2D eigenvalue weighted by Crippen LogP contribution is -2.21. The average molecular weight is 289 g/mol. The lowest BCUT2D eigenvalue weighted by Gasteiger charge is -2.21. The molecule has 0 atom stereocenters. The zero-order chi connectivity index (χ0) is 14.2. The minimum Gasteiger partial charge on any atom is -0.408 e. The highest BCUT2D eigenvalue weighted by atomic mass is 16.5. The fraction of sp³-hybridized carbons (Fsp3) is 0.714. The summed E-state index contributed by atoms with van der Waals surface area (Å²) in [6, 6.07) is 0.572. The summed E-state index contributed by atoms with van der Waals surface area (Å²) < 4.78 is 11.0. The maximum atomic E-state index is 5.73. The summed E-state index contributed by atoms with van der Waals surface area (Å²) in [6.45, 7) is 0.732. The van der Waals surface area contributed by atoms with Crippen molar-refractivity contribution in [3.05, 3.63) is 17.6 Å². The summed E-state index contributed by atoms with van der Waals surface area (Å²) in [7, 11) is 1.94. The van der Waals surface area contributed by atoms with Crippen molar-refractivity contribution in [3.8, 4) is 0 Å². The third kappa shape index (κ3) is 2.64. The minimum absolute atomic E-state index is 0.470. The Hall–Kier alpha value is -1.92. The second kappa shape index (κ2) is 5.13. The number of rotatable bonds is 6.